The number of amides is 1. The van der Waals surface area contributed by atoms with E-state index in [0.717, 1.165) is 0 Å². The summed E-state index contributed by atoms with van der Waals surface area (Å²) in [6, 6.07) is 5.72. The first-order valence-electron chi connectivity index (χ1n) is 8.03. The number of furan rings is 1. The lowest BCUT2D eigenvalue weighted by Crippen LogP contribution is -2.31. The molecule has 1 amide bonds. The van der Waals surface area contributed by atoms with Gasteiger partial charge in [-0.2, -0.15) is 0 Å². The van der Waals surface area contributed by atoms with E-state index in [2.05, 4.69) is 5.32 Å². The molecule has 26 heavy (non-hydrogen) atoms. The van der Waals surface area contributed by atoms with Crippen LogP contribution < -0.4 is 5.32 Å². The van der Waals surface area contributed by atoms with E-state index in [1.54, 1.807) is 13.0 Å². The minimum Gasteiger partial charge on any atom is -0.478 e. The van der Waals surface area contributed by atoms with Crippen LogP contribution in [0.2, 0.25) is 5.02 Å². The van der Waals surface area contributed by atoms with Gasteiger partial charge in [-0.3, -0.25) is 4.79 Å². The van der Waals surface area contributed by atoms with Crippen molar-refractivity contribution in [1.29, 1.82) is 0 Å². The predicted octanol–water partition coefficient (Wildman–Crippen LogP) is 3.47. The van der Waals surface area contributed by atoms with Crippen molar-refractivity contribution in [3.8, 4) is 0 Å². The number of nitrogens with one attached hydrogen (secondary N) is 1. The van der Waals surface area contributed by atoms with Gasteiger partial charge in [0, 0.05) is 6.61 Å². The zero-order chi connectivity index (χ0) is 18.8. The molecular formula is C18H17ClFNO5. The lowest BCUT2D eigenvalue weighted by molar-refractivity contribution is -0.127. The molecule has 0 radical (unpaired) electrons. The van der Waals surface area contributed by atoms with Gasteiger partial charge in [-0.1, -0.05) is 17.7 Å². The van der Waals surface area contributed by atoms with Crippen LogP contribution in [0.3, 0.4) is 0 Å². The number of aromatic carboxylic acids is 1. The van der Waals surface area contributed by atoms with Gasteiger partial charge in [0.05, 0.1) is 23.6 Å². The Morgan fingerprint density at radius 1 is 1.38 bits per heavy atom. The van der Waals surface area contributed by atoms with Gasteiger partial charge in [-0.05, 0) is 37.1 Å². The Morgan fingerprint density at radius 3 is 2.81 bits per heavy atom. The number of rotatable bonds is 5. The summed E-state index contributed by atoms with van der Waals surface area (Å²) in [4.78, 5) is 23.5. The number of ether oxygens (including phenoxy) is 1. The zero-order valence-electron chi connectivity index (χ0n) is 13.9. The molecule has 138 valence electrons. The van der Waals surface area contributed by atoms with Gasteiger partial charge in [-0.15, -0.1) is 0 Å². The fourth-order valence-corrected chi connectivity index (χ4v) is 3.14. The normalized spacial score (nSPS) is 19.5. The second-order valence-electron chi connectivity index (χ2n) is 6.07. The van der Waals surface area contributed by atoms with Crippen molar-refractivity contribution in [1.82, 2.24) is 5.32 Å². The van der Waals surface area contributed by atoms with Gasteiger partial charge < -0.3 is 19.6 Å². The van der Waals surface area contributed by atoms with Crippen LogP contribution in [0.25, 0.3) is 0 Å². The molecule has 2 atom stereocenters. The fraction of sp³-hybridized carbons (Fsp3) is 0.333. The van der Waals surface area contributed by atoms with Gasteiger partial charge in [-0.25, -0.2) is 9.18 Å². The molecule has 8 heteroatoms. The van der Waals surface area contributed by atoms with E-state index in [9.17, 15) is 14.0 Å². The maximum Gasteiger partial charge on any atom is 0.339 e. The molecule has 0 spiro atoms. The third kappa shape index (κ3) is 3.73. The minimum atomic E-state index is -1.09. The Balaban J connectivity index is 1.67. The van der Waals surface area contributed by atoms with Crippen LogP contribution in [0.4, 0.5) is 4.39 Å². The average molecular weight is 382 g/mol. The molecule has 0 unspecified atom stereocenters. The first kappa shape index (κ1) is 18.4. The maximum absolute atomic E-state index is 13.7. The second-order valence-corrected chi connectivity index (χ2v) is 6.47. The largest absolute Gasteiger partial charge is 0.478 e. The molecule has 2 aromatic rings. The van der Waals surface area contributed by atoms with Crippen molar-refractivity contribution in [3.05, 3.63) is 57.8 Å². The lowest BCUT2D eigenvalue weighted by atomic mass is 9.94. The Bertz CT molecular complexity index is 850. The molecule has 0 bridgehead atoms. The van der Waals surface area contributed by atoms with Gasteiger partial charge in [0.1, 0.15) is 22.9 Å². The predicted molar refractivity (Wildman–Crippen MR) is 90.5 cm³/mol. The molecule has 1 aliphatic heterocycles. The van der Waals surface area contributed by atoms with Gasteiger partial charge >= 0.3 is 5.97 Å². The standard InChI is InChI=1S/C18H17ClFNO5/c1-9-13(18(23)24)7-11(26-9)8-21-17(22)12-4-5-25-16(12)10-2-3-14(19)15(20)6-10/h2-3,6-7,12,16H,4-5,8H2,1H3,(H,21,22)(H,23,24)/t12-,16+/m1/s1. The number of benzene rings is 1. The van der Waals surface area contributed by atoms with E-state index in [-0.39, 0.29) is 28.8 Å². The van der Waals surface area contributed by atoms with Crippen LogP contribution in [-0.4, -0.2) is 23.6 Å². The van der Waals surface area contributed by atoms with Crippen molar-refractivity contribution in [3.63, 3.8) is 0 Å². The van der Waals surface area contributed by atoms with E-state index in [0.29, 0.717) is 24.4 Å². The molecular weight excluding hydrogens is 365 g/mol. The summed E-state index contributed by atoms with van der Waals surface area (Å²) in [6.07, 6.45) is -0.0622. The lowest BCUT2D eigenvalue weighted by Gasteiger charge is -2.18. The first-order chi connectivity index (χ1) is 12.4. The summed E-state index contributed by atoms with van der Waals surface area (Å²) in [5.41, 5.74) is 0.611. The molecule has 1 aromatic carbocycles. The number of carboxylic acid groups (broad SMARTS) is 1. The number of carbonyl (C=O) groups excluding carboxylic acids is 1. The van der Waals surface area contributed by atoms with E-state index in [1.165, 1.54) is 18.2 Å². The van der Waals surface area contributed by atoms with Crippen molar-refractivity contribution in [2.24, 2.45) is 5.92 Å². The van der Waals surface area contributed by atoms with Crippen LogP contribution in [0, 0.1) is 18.7 Å². The van der Waals surface area contributed by atoms with Crippen LogP contribution >= 0.6 is 11.6 Å². The topological polar surface area (TPSA) is 88.8 Å². The average Bonchev–Trinajstić information content (AvgIpc) is 3.22. The number of hydrogen-bond donors (Lipinski definition) is 2. The van der Waals surface area contributed by atoms with Crippen molar-refractivity contribution >= 4 is 23.5 Å². The zero-order valence-corrected chi connectivity index (χ0v) is 14.7. The highest BCUT2D eigenvalue weighted by molar-refractivity contribution is 6.30. The van der Waals surface area contributed by atoms with Crippen molar-refractivity contribution in [2.45, 2.75) is 26.0 Å². The van der Waals surface area contributed by atoms with Crippen molar-refractivity contribution in [2.75, 3.05) is 6.61 Å². The summed E-state index contributed by atoms with van der Waals surface area (Å²) in [5, 5.41) is 11.8. The van der Waals surface area contributed by atoms with Gasteiger partial charge in [0.25, 0.3) is 0 Å². The summed E-state index contributed by atoms with van der Waals surface area (Å²) in [6.45, 7) is 1.99. The third-order valence-corrected chi connectivity index (χ3v) is 4.64. The number of carboxylic acids is 1. The molecule has 1 aromatic heterocycles. The van der Waals surface area contributed by atoms with Crippen LogP contribution in [0.1, 0.15) is 40.0 Å². The number of halogens is 2. The number of hydrogen-bond acceptors (Lipinski definition) is 4. The molecule has 0 aliphatic carbocycles. The monoisotopic (exact) mass is 381 g/mol. The van der Waals surface area contributed by atoms with Crippen LogP contribution in [0.5, 0.6) is 0 Å². The fourth-order valence-electron chi connectivity index (χ4n) is 3.02. The van der Waals surface area contributed by atoms with Gasteiger partial charge in [0.2, 0.25) is 5.91 Å². The molecule has 1 aliphatic rings. The third-order valence-electron chi connectivity index (χ3n) is 4.34. The molecule has 1 fully saturated rings. The smallest absolute Gasteiger partial charge is 0.339 e. The maximum atomic E-state index is 13.7. The van der Waals surface area contributed by atoms with Gasteiger partial charge in [0.15, 0.2) is 0 Å². The Hall–Kier alpha value is -2.38. The Labute approximate surface area is 153 Å². The van der Waals surface area contributed by atoms with E-state index in [4.69, 9.17) is 25.9 Å². The highest BCUT2D eigenvalue weighted by Crippen LogP contribution is 2.35. The van der Waals surface area contributed by atoms with Crippen LogP contribution in [0.15, 0.2) is 28.7 Å². The summed E-state index contributed by atoms with van der Waals surface area (Å²) >= 11 is 5.69. The molecule has 2 N–H and O–H groups in total. The van der Waals surface area contributed by atoms with E-state index >= 15 is 0 Å². The van der Waals surface area contributed by atoms with E-state index < -0.39 is 23.8 Å². The van der Waals surface area contributed by atoms with E-state index in [1.807, 2.05) is 0 Å². The summed E-state index contributed by atoms with van der Waals surface area (Å²) < 4.78 is 24.6. The second kappa shape index (κ2) is 7.47. The summed E-state index contributed by atoms with van der Waals surface area (Å²) in [7, 11) is 0. The Kier molecular flexibility index (Phi) is 5.29. The number of aryl methyl sites for hydroxylation is 1. The summed E-state index contributed by atoms with van der Waals surface area (Å²) in [5.74, 6) is -1.77. The van der Waals surface area contributed by atoms with Crippen molar-refractivity contribution < 1.29 is 28.2 Å². The SMILES string of the molecule is Cc1oc(CNC(=O)[C@@H]2CCO[C@H]2c2ccc(Cl)c(F)c2)cc1C(=O)O. The highest BCUT2D eigenvalue weighted by Gasteiger charge is 2.35. The quantitative estimate of drug-likeness (QED) is 0.827. The molecule has 3 rings (SSSR count). The minimum absolute atomic E-state index is 0.00942. The molecule has 1 saturated heterocycles. The molecule has 0 saturated carbocycles. The Morgan fingerprint density at radius 2 is 2.15 bits per heavy atom. The highest BCUT2D eigenvalue weighted by atomic mass is 35.5. The molecule has 2 heterocycles. The number of carbonyl (C=O) groups is 2. The first-order valence-corrected chi connectivity index (χ1v) is 8.41. The molecule has 6 nitrogen and oxygen atoms in total. The van der Waals surface area contributed by atoms with Crippen LogP contribution in [-0.2, 0) is 16.1 Å².